The summed E-state index contributed by atoms with van der Waals surface area (Å²) in [4.78, 5) is 28.0. The molecule has 0 fully saturated rings. The van der Waals surface area contributed by atoms with Crippen molar-refractivity contribution in [2.24, 2.45) is 5.29 Å². The molecule has 2 heterocycles. The van der Waals surface area contributed by atoms with Crippen molar-refractivity contribution in [2.45, 2.75) is 27.3 Å². The van der Waals surface area contributed by atoms with Crippen LogP contribution in [0.15, 0.2) is 52.5 Å². The molecule has 1 N–H and O–H groups in total. The maximum atomic E-state index is 14.3. The van der Waals surface area contributed by atoms with Gasteiger partial charge in [0.2, 0.25) is 5.78 Å². The summed E-state index contributed by atoms with van der Waals surface area (Å²) < 4.78 is 31.7. The Morgan fingerprint density at radius 2 is 1.65 bits per heavy atom. The Morgan fingerprint density at radius 1 is 1.00 bits per heavy atom. The molecule has 2 aromatic carbocycles. The lowest BCUT2D eigenvalue weighted by molar-refractivity contribution is 0.542. The van der Waals surface area contributed by atoms with Gasteiger partial charge in [-0.2, -0.15) is 0 Å². The Kier molecular flexibility index (Phi) is 5.10. The maximum absolute atomic E-state index is 14.3. The smallest absolute Gasteiger partial charge is 0.262 e. The number of benzene rings is 2. The number of nitroso groups, excluding NO2 is 1. The van der Waals surface area contributed by atoms with E-state index in [1.54, 1.807) is 49.6 Å². The Balaban J connectivity index is 1.94. The van der Waals surface area contributed by atoms with Crippen LogP contribution in [0.4, 0.5) is 14.5 Å². The van der Waals surface area contributed by atoms with E-state index >= 15 is 0 Å². The number of fused-ring (bicyclic) bond motifs is 1. The Morgan fingerprint density at radius 3 is 2.26 bits per heavy atom. The van der Waals surface area contributed by atoms with Gasteiger partial charge in [-0.25, -0.2) is 23.6 Å². The van der Waals surface area contributed by atoms with E-state index in [1.807, 2.05) is 0 Å². The van der Waals surface area contributed by atoms with Crippen molar-refractivity contribution in [2.75, 3.05) is 5.43 Å². The number of imidazole rings is 1. The van der Waals surface area contributed by atoms with Crippen molar-refractivity contribution in [3.8, 4) is 11.3 Å². The number of halogens is 2. The van der Waals surface area contributed by atoms with Crippen molar-refractivity contribution in [3.05, 3.63) is 91.9 Å². The zero-order chi connectivity index (χ0) is 22.3. The van der Waals surface area contributed by atoms with E-state index in [4.69, 9.17) is 0 Å². The third-order valence-corrected chi connectivity index (χ3v) is 5.51. The Bertz CT molecular complexity index is 1350. The van der Waals surface area contributed by atoms with Gasteiger partial charge in [0.15, 0.2) is 0 Å². The minimum atomic E-state index is -0.663. The second-order valence-electron chi connectivity index (χ2n) is 7.26. The number of aryl methyl sites for hydroxylation is 1. The predicted octanol–water partition coefficient (Wildman–Crippen LogP) is 4.51. The van der Waals surface area contributed by atoms with E-state index in [0.29, 0.717) is 34.1 Å². The molecule has 0 amide bonds. The van der Waals surface area contributed by atoms with Gasteiger partial charge in [0, 0.05) is 22.4 Å². The average Bonchev–Trinajstić information content (AvgIpc) is 3.09. The number of nitrogens with one attached hydrogen (secondary N) is 1. The zero-order valence-corrected chi connectivity index (χ0v) is 17.1. The van der Waals surface area contributed by atoms with Crippen LogP contribution >= 0.6 is 0 Å². The first-order chi connectivity index (χ1) is 14.8. The molecule has 9 heteroatoms. The van der Waals surface area contributed by atoms with Gasteiger partial charge in [-0.05, 0) is 45.0 Å². The van der Waals surface area contributed by atoms with Crippen LogP contribution in [0.2, 0.25) is 0 Å². The van der Waals surface area contributed by atoms with E-state index in [0.717, 1.165) is 5.56 Å². The van der Waals surface area contributed by atoms with Crippen LogP contribution in [-0.2, 0) is 6.54 Å². The summed E-state index contributed by atoms with van der Waals surface area (Å²) in [6, 6.07) is 10.5. The number of hydrogen-bond donors (Lipinski definition) is 1. The van der Waals surface area contributed by atoms with Crippen LogP contribution in [0, 0.1) is 37.3 Å². The normalized spacial score (nSPS) is 11.1. The molecular weight excluding hydrogens is 404 g/mol. The van der Waals surface area contributed by atoms with Crippen molar-refractivity contribution < 1.29 is 8.78 Å². The number of rotatable bonds is 5. The molecule has 0 atom stereocenters. The molecule has 0 saturated carbocycles. The van der Waals surface area contributed by atoms with Gasteiger partial charge in [-0.15, -0.1) is 4.91 Å². The highest BCUT2D eigenvalue weighted by molar-refractivity contribution is 5.67. The fraction of sp³-hybridized carbons (Fsp3) is 0.182. The summed E-state index contributed by atoms with van der Waals surface area (Å²) in [6.45, 7) is 5.06. The first-order valence-electron chi connectivity index (χ1n) is 9.54. The lowest BCUT2D eigenvalue weighted by Crippen LogP contribution is -2.24. The summed E-state index contributed by atoms with van der Waals surface area (Å²) in [5.41, 5.74) is 5.40. The fourth-order valence-electron chi connectivity index (χ4n) is 3.65. The predicted molar refractivity (Wildman–Crippen MR) is 114 cm³/mol. The van der Waals surface area contributed by atoms with Gasteiger partial charge in [-0.1, -0.05) is 18.2 Å². The van der Waals surface area contributed by atoms with Gasteiger partial charge >= 0.3 is 0 Å². The summed E-state index contributed by atoms with van der Waals surface area (Å²) in [5.74, 6) is -1.03. The monoisotopic (exact) mass is 423 g/mol. The molecule has 158 valence electrons. The molecular formula is C22H19F2N5O2. The van der Waals surface area contributed by atoms with Crippen LogP contribution in [0.25, 0.3) is 17.0 Å². The van der Waals surface area contributed by atoms with Crippen molar-refractivity contribution in [1.82, 2.24) is 14.0 Å². The number of anilines is 1. The minimum absolute atomic E-state index is 0.102. The molecule has 4 aromatic rings. The van der Waals surface area contributed by atoms with Crippen molar-refractivity contribution in [1.29, 1.82) is 0 Å². The minimum Gasteiger partial charge on any atom is -0.311 e. The second kappa shape index (κ2) is 7.75. The van der Waals surface area contributed by atoms with E-state index < -0.39 is 11.6 Å². The van der Waals surface area contributed by atoms with Gasteiger partial charge in [0.05, 0.1) is 28.9 Å². The largest absolute Gasteiger partial charge is 0.311 e. The van der Waals surface area contributed by atoms with Crippen molar-refractivity contribution in [3.63, 3.8) is 0 Å². The van der Waals surface area contributed by atoms with E-state index in [2.05, 4.69) is 15.7 Å². The number of aromatic nitrogens is 3. The highest BCUT2D eigenvalue weighted by atomic mass is 19.1. The molecule has 7 nitrogen and oxygen atoms in total. The lowest BCUT2D eigenvalue weighted by Gasteiger charge is -2.15. The molecule has 0 aliphatic carbocycles. The first kappa shape index (κ1) is 20.4. The van der Waals surface area contributed by atoms with E-state index in [-0.39, 0.29) is 17.7 Å². The molecule has 4 rings (SSSR count). The van der Waals surface area contributed by atoms with Gasteiger partial charge in [-0.3, -0.25) is 4.79 Å². The lowest BCUT2D eigenvalue weighted by atomic mass is 10.1. The SMILES string of the molecule is Cc1c(C)n(Cc2c(F)cccc2F)c2nc(-c3ccc(NN=O)cc3)c(C)n2c1=O. The van der Waals surface area contributed by atoms with Crippen molar-refractivity contribution >= 4 is 11.5 Å². The molecule has 0 bridgehead atoms. The molecule has 0 saturated heterocycles. The first-order valence-corrected chi connectivity index (χ1v) is 9.54. The van der Waals surface area contributed by atoms with Gasteiger partial charge in [0.1, 0.15) is 11.6 Å². The van der Waals surface area contributed by atoms with Crippen LogP contribution in [0.5, 0.6) is 0 Å². The van der Waals surface area contributed by atoms with Crippen LogP contribution < -0.4 is 11.0 Å². The third-order valence-electron chi connectivity index (χ3n) is 5.51. The van der Waals surface area contributed by atoms with Gasteiger partial charge in [0.25, 0.3) is 5.56 Å². The summed E-state index contributed by atoms with van der Waals surface area (Å²) >= 11 is 0. The molecule has 0 aliphatic heterocycles. The molecule has 0 unspecified atom stereocenters. The molecule has 0 spiro atoms. The van der Waals surface area contributed by atoms with Crippen LogP contribution in [0.3, 0.4) is 0 Å². The zero-order valence-electron chi connectivity index (χ0n) is 17.1. The van der Waals surface area contributed by atoms with Crippen LogP contribution in [0.1, 0.15) is 22.5 Å². The van der Waals surface area contributed by atoms with E-state index in [1.165, 1.54) is 22.6 Å². The molecule has 31 heavy (non-hydrogen) atoms. The number of hydrogen-bond acceptors (Lipinski definition) is 4. The Labute approximate surface area is 175 Å². The highest BCUT2D eigenvalue weighted by Crippen LogP contribution is 2.26. The second-order valence-corrected chi connectivity index (χ2v) is 7.26. The average molecular weight is 423 g/mol. The van der Waals surface area contributed by atoms with E-state index in [9.17, 15) is 18.5 Å². The van der Waals surface area contributed by atoms with Gasteiger partial charge < -0.3 is 4.57 Å². The maximum Gasteiger partial charge on any atom is 0.262 e. The molecule has 2 aromatic heterocycles. The molecule has 0 aliphatic rings. The Hall–Kier alpha value is -3.88. The fourth-order valence-corrected chi connectivity index (χ4v) is 3.65. The standard InChI is InChI=1S/C22H19F2N5O2/c1-12-13(2)28(11-17-18(23)5-4-6-19(17)24)22-25-20(14(3)29(22)21(12)30)15-7-9-16(10-8-15)26-27-31/h4-10H,11H2,1-3H3,(H,26,31). The summed E-state index contributed by atoms with van der Waals surface area (Å²) in [7, 11) is 0. The number of nitrogens with zero attached hydrogens (tertiary/aromatic N) is 4. The molecule has 0 radical (unpaired) electrons. The summed E-state index contributed by atoms with van der Waals surface area (Å²) in [5, 5.41) is 2.63. The quantitative estimate of drug-likeness (QED) is 0.378. The van der Waals surface area contributed by atoms with Crippen LogP contribution in [-0.4, -0.2) is 14.0 Å². The third kappa shape index (κ3) is 3.37. The summed E-state index contributed by atoms with van der Waals surface area (Å²) in [6.07, 6.45) is 0. The topological polar surface area (TPSA) is 80.8 Å². The highest BCUT2D eigenvalue weighted by Gasteiger charge is 2.20.